The molecule has 1 amide bonds. The van der Waals surface area contributed by atoms with E-state index in [2.05, 4.69) is 6.92 Å². The van der Waals surface area contributed by atoms with Crippen molar-refractivity contribution in [1.29, 1.82) is 0 Å². The van der Waals surface area contributed by atoms with Gasteiger partial charge in [0.1, 0.15) is 11.5 Å². The normalized spacial score (nSPS) is 17.4. The van der Waals surface area contributed by atoms with Crippen molar-refractivity contribution in [3.63, 3.8) is 0 Å². The Morgan fingerprint density at radius 1 is 1.12 bits per heavy atom. The number of phenols is 1. The lowest BCUT2D eigenvalue weighted by Crippen LogP contribution is -2.35. The number of methoxy groups -OCH3 is 1. The Labute approximate surface area is 200 Å². The van der Waals surface area contributed by atoms with Gasteiger partial charge in [0.15, 0.2) is 11.5 Å². The van der Waals surface area contributed by atoms with Crippen LogP contribution in [-0.4, -0.2) is 72.6 Å². The maximum Gasteiger partial charge on any atom is 0.295 e. The molecule has 1 atom stereocenters. The van der Waals surface area contributed by atoms with Crippen molar-refractivity contribution in [1.82, 2.24) is 9.80 Å². The summed E-state index contributed by atoms with van der Waals surface area (Å²) in [6.45, 7) is 3.50. The van der Waals surface area contributed by atoms with Crippen molar-refractivity contribution < 1.29 is 29.3 Å². The highest BCUT2D eigenvalue weighted by Gasteiger charge is 2.46. The van der Waals surface area contributed by atoms with Crippen molar-refractivity contribution in [2.24, 2.45) is 0 Å². The van der Waals surface area contributed by atoms with Crippen molar-refractivity contribution in [2.75, 3.05) is 40.9 Å². The van der Waals surface area contributed by atoms with Gasteiger partial charge >= 0.3 is 0 Å². The standard InChI is InChI=1S/C26H32N2O6/c1-5-6-15-34-19-10-7-17(8-11-19)24(30)22-23(18-9-12-20(29)21(16-18)33-4)28(14-13-27(2)3)26(32)25(22)31/h7-12,16,23,29-30H,5-6,13-15H2,1-4H3/t23-/m1/s1. The average molecular weight is 469 g/mol. The number of hydrogen-bond donors (Lipinski definition) is 2. The molecule has 0 unspecified atom stereocenters. The summed E-state index contributed by atoms with van der Waals surface area (Å²) in [5, 5.41) is 21.2. The monoisotopic (exact) mass is 468 g/mol. The molecule has 0 radical (unpaired) electrons. The lowest BCUT2D eigenvalue weighted by atomic mass is 9.95. The number of aliphatic hydroxyl groups is 1. The number of amides is 1. The predicted octanol–water partition coefficient (Wildman–Crippen LogP) is 3.56. The maximum atomic E-state index is 13.1. The number of benzene rings is 2. The van der Waals surface area contributed by atoms with Gasteiger partial charge < -0.3 is 29.5 Å². The fourth-order valence-corrected chi connectivity index (χ4v) is 3.83. The number of likely N-dealkylation sites (tertiary alicyclic amines) is 1. The first-order valence-corrected chi connectivity index (χ1v) is 11.3. The van der Waals surface area contributed by atoms with E-state index in [0.717, 1.165) is 12.8 Å². The summed E-state index contributed by atoms with van der Waals surface area (Å²) < 4.78 is 10.9. The minimum absolute atomic E-state index is 0.00356. The Morgan fingerprint density at radius 3 is 2.44 bits per heavy atom. The zero-order chi connectivity index (χ0) is 24.8. The van der Waals surface area contributed by atoms with Crippen LogP contribution in [0.15, 0.2) is 48.0 Å². The van der Waals surface area contributed by atoms with E-state index >= 15 is 0 Å². The van der Waals surface area contributed by atoms with Gasteiger partial charge in [0.2, 0.25) is 0 Å². The third-order valence-corrected chi connectivity index (χ3v) is 5.74. The highest BCUT2D eigenvalue weighted by atomic mass is 16.5. The van der Waals surface area contributed by atoms with Gasteiger partial charge in [0, 0.05) is 18.7 Å². The van der Waals surface area contributed by atoms with E-state index in [1.165, 1.54) is 18.1 Å². The molecular formula is C26H32N2O6. The summed E-state index contributed by atoms with van der Waals surface area (Å²) in [7, 11) is 5.17. The number of aromatic hydroxyl groups is 1. The summed E-state index contributed by atoms with van der Waals surface area (Å²) in [5.74, 6) is -0.880. The van der Waals surface area contributed by atoms with Crippen molar-refractivity contribution >= 4 is 17.4 Å². The third-order valence-electron chi connectivity index (χ3n) is 5.74. The number of nitrogens with zero attached hydrogens (tertiary/aromatic N) is 2. The molecule has 0 aliphatic carbocycles. The molecule has 0 saturated carbocycles. The molecule has 0 aromatic heterocycles. The highest BCUT2D eigenvalue weighted by molar-refractivity contribution is 6.46. The predicted molar refractivity (Wildman–Crippen MR) is 129 cm³/mol. The van der Waals surface area contributed by atoms with Crippen LogP contribution < -0.4 is 9.47 Å². The first-order valence-electron chi connectivity index (χ1n) is 11.3. The molecule has 8 heteroatoms. The van der Waals surface area contributed by atoms with Gasteiger partial charge in [-0.2, -0.15) is 0 Å². The Morgan fingerprint density at radius 2 is 1.82 bits per heavy atom. The van der Waals surface area contributed by atoms with Crippen molar-refractivity contribution in [3.8, 4) is 17.2 Å². The zero-order valence-electron chi connectivity index (χ0n) is 20.1. The molecule has 1 fully saturated rings. The number of carbonyl (C=O) groups excluding carboxylic acids is 2. The van der Waals surface area contributed by atoms with E-state index in [4.69, 9.17) is 9.47 Å². The number of likely N-dealkylation sites (N-methyl/N-ethyl adjacent to an activating group) is 1. The molecule has 0 spiro atoms. The molecule has 1 aliphatic heterocycles. The molecule has 1 heterocycles. The largest absolute Gasteiger partial charge is 0.507 e. The Hall–Kier alpha value is -3.52. The molecule has 0 bridgehead atoms. The van der Waals surface area contributed by atoms with E-state index in [1.807, 2.05) is 19.0 Å². The molecule has 1 saturated heterocycles. The van der Waals surface area contributed by atoms with Gasteiger partial charge in [-0.05, 0) is 62.5 Å². The molecule has 2 aromatic carbocycles. The topological polar surface area (TPSA) is 99.5 Å². The smallest absolute Gasteiger partial charge is 0.295 e. The molecular weight excluding hydrogens is 436 g/mol. The van der Waals surface area contributed by atoms with Crippen LogP contribution in [0.2, 0.25) is 0 Å². The van der Waals surface area contributed by atoms with Gasteiger partial charge in [-0.1, -0.05) is 19.4 Å². The number of carbonyl (C=O) groups is 2. The molecule has 3 rings (SSSR count). The van der Waals surface area contributed by atoms with Gasteiger partial charge in [-0.25, -0.2) is 0 Å². The van der Waals surface area contributed by atoms with E-state index in [1.54, 1.807) is 36.4 Å². The fraction of sp³-hybridized carbons (Fsp3) is 0.385. The van der Waals surface area contributed by atoms with Crippen LogP contribution in [0.4, 0.5) is 0 Å². The number of rotatable bonds is 10. The second-order valence-electron chi connectivity index (χ2n) is 8.45. The molecule has 34 heavy (non-hydrogen) atoms. The van der Waals surface area contributed by atoms with Gasteiger partial charge in [-0.3, -0.25) is 9.59 Å². The lowest BCUT2D eigenvalue weighted by molar-refractivity contribution is -0.140. The van der Waals surface area contributed by atoms with E-state index in [-0.39, 0.29) is 29.4 Å². The van der Waals surface area contributed by atoms with Crippen molar-refractivity contribution in [2.45, 2.75) is 25.8 Å². The Bertz CT molecular complexity index is 1060. The number of unbranched alkanes of at least 4 members (excludes halogenated alkanes) is 1. The quantitative estimate of drug-likeness (QED) is 0.238. The first-order chi connectivity index (χ1) is 16.3. The van der Waals surface area contributed by atoms with Gasteiger partial charge in [0.05, 0.1) is 25.3 Å². The number of aliphatic hydroxyl groups excluding tert-OH is 1. The zero-order valence-corrected chi connectivity index (χ0v) is 20.1. The summed E-state index contributed by atoms with van der Waals surface area (Å²) >= 11 is 0. The van der Waals surface area contributed by atoms with Gasteiger partial charge in [-0.15, -0.1) is 0 Å². The fourth-order valence-electron chi connectivity index (χ4n) is 3.83. The van der Waals surface area contributed by atoms with Crippen LogP contribution in [-0.2, 0) is 9.59 Å². The molecule has 1 aliphatic rings. The molecule has 2 N–H and O–H groups in total. The van der Waals surface area contributed by atoms with Crippen LogP contribution in [0.1, 0.15) is 36.9 Å². The Balaban J connectivity index is 2.05. The van der Waals surface area contributed by atoms with Crippen LogP contribution >= 0.6 is 0 Å². The highest BCUT2D eigenvalue weighted by Crippen LogP contribution is 2.41. The summed E-state index contributed by atoms with van der Waals surface area (Å²) in [6.07, 6.45) is 1.96. The summed E-state index contributed by atoms with van der Waals surface area (Å²) in [4.78, 5) is 29.4. The number of ether oxygens (including phenoxy) is 2. The minimum atomic E-state index is -0.824. The summed E-state index contributed by atoms with van der Waals surface area (Å²) in [6, 6.07) is 10.6. The van der Waals surface area contributed by atoms with Crippen molar-refractivity contribution in [3.05, 3.63) is 59.2 Å². The number of ketones is 1. The van der Waals surface area contributed by atoms with Gasteiger partial charge in [0.25, 0.3) is 11.7 Å². The third kappa shape index (κ3) is 5.34. The average Bonchev–Trinajstić information content (AvgIpc) is 3.08. The molecule has 8 nitrogen and oxygen atoms in total. The SMILES string of the molecule is CCCCOc1ccc(C(O)=C2C(=O)C(=O)N(CCN(C)C)[C@@H]2c2ccc(O)c(OC)c2)cc1. The summed E-state index contributed by atoms with van der Waals surface area (Å²) in [5.41, 5.74) is 0.953. The first kappa shape index (κ1) is 25.1. The van der Waals surface area contributed by atoms with E-state index in [9.17, 15) is 19.8 Å². The lowest BCUT2D eigenvalue weighted by Gasteiger charge is -2.27. The Kier molecular flexibility index (Phi) is 8.17. The number of Topliss-reactive ketones (excluding diaryl/α,β-unsaturated/α-hetero) is 1. The number of hydrogen-bond acceptors (Lipinski definition) is 7. The van der Waals surface area contributed by atoms with E-state index in [0.29, 0.717) is 30.0 Å². The van der Waals surface area contributed by atoms with Crippen LogP contribution in [0.25, 0.3) is 5.76 Å². The minimum Gasteiger partial charge on any atom is -0.507 e. The maximum absolute atomic E-state index is 13.1. The second kappa shape index (κ2) is 11.1. The molecule has 2 aromatic rings. The molecule has 182 valence electrons. The van der Waals surface area contributed by atoms with Crippen LogP contribution in [0, 0.1) is 0 Å². The van der Waals surface area contributed by atoms with Crippen LogP contribution in [0.3, 0.4) is 0 Å². The number of phenolic OH excluding ortho intramolecular Hbond substituents is 1. The van der Waals surface area contributed by atoms with E-state index < -0.39 is 17.7 Å². The van der Waals surface area contributed by atoms with Crippen LogP contribution in [0.5, 0.6) is 17.2 Å². The second-order valence-corrected chi connectivity index (χ2v) is 8.45.